The number of carbonyl (C=O) groups excluding carboxylic acids is 4. The Labute approximate surface area is 222 Å². The van der Waals surface area contributed by atoms with Gasteiger partial charge < -0.3 is 26.4 Å². The normalized spacial score (nSPS) is 22.1. The molecule has 4 rings (SSSR count). The van der Waals surface area contributed by atoms with Gasteiger partial charge in [-0.1, -0.05) is 0 Å². The molecule has 0 aromatic carbocycles. The number of nitrogens with one attached hydrogen (secondary N) is 4. The summed E-state index contributed by atoms with van der Waals surface area (Å²) in [5, 5.41) is 18.6. The number of rotatable bonds is 5. The lowest BCUT2D eigenvalue weighted by Gasteiger charge is -2.38. The number of aromatic nitrogens is 4. The van der Waals surface area contributed by atoms with Crippen LogP contribution in [0, 0.1) is 0 Å². The van der Waals surface area contributed by atoms with E-state index in [-0.39, 0.29) is 31.2 Å². The maximum Gasteiger partial charge on any atom is 0.407 e. The summed E-state index contributed by atoms with van der Waals surface area (Å²) in [4.78, 5) is 74.9. The summed E-state index contributed by atoms with van der Waals surface area (Å²) >= 11 is 0. The maximum absolute atomic E-state index is 12.3. The number of imide groups is 2. The van der Waals surface area contributed by atoms with Crippen LogP contribution in [0.25, 0.3) is 0 Å². The molecule has 0 unspecified atom stereocenters. The van der Waals surface area contributed by atoms with Crippen LogP contribution in [0.2, 0.25) is 0 Å². The number of amides is 7. The highest BCUT2D eigenvalue weighted by molar-refractivity contribution is 6.08. The Morgan fingerprint density at radius 2 is 1.34 bits per heavy atom. The van der Waals surface area contributed by atoms with Gasteiger partial charge in [-0.2, -0.15) is 0 Å². The van der Waals surface area contributed by atoms with E-state index in [0.717, 1.165) is 4.90 Å². The average Bonchev–Trinajstić information content (AvgIpc) is 3.32. The van der Waals surface area contributed by atoms with Gasteiger partial charge in [-0.15, -0.1) is 12.4 Å². The Morgan fingerprint density at radius 1 is 0.895 bits per heavy atom. The van der Waals surface area contributed by atoms with Gasteiger partial charge in [0.25, 0.3) is 11.8 Å². The van der Waals surface area contributed by atoms with Crippen LogP contribution in [0.4, 0.5) is 14.4 Å². The molecule has 7 N–H and O–H groups in total. The summed E-state index contributed by atoms with van der Waals surface area (Å²) < 4.78 is 0. The zero-order valence-corrected chi connectivity index (χ0v) is 21.4. The van der Waals surface area contributed by atoms with Gasteiger partial charge >= 0.3 is 18.2 Å². The first kappa shape index (κ1) is 29.8. The molecule has 7 amide bonds. The number of nitrogens with two attached hydrogens (primary N) is 1. The van der Waals surface area contributed by atoms with Crippen molar-refractivity contribution in [3.05, 3.63) is 48.6 Å². The van der Waals surface area contributed by atoms with E-state index in [4.69, 9.17) is 5.73 Å². The van der Waals surface area contributed by atoms with Gasteiger partial charge in [-0.05, 0) is 20.8 Å². The second kappa shape index (κ2) is 11.3. The van der Waals surface area contributed by atoms with Crippen molar-refractivity contribution >= 4 is 42.4 Å². The smallest absolute Gasteiger partial charge is 0.407 e. The van der Waals surface area contributed by atoms with Crippen LogP contribution >= 0.6 is 12.4 Å². The molecular weight excluding hydrogens is 524 g/mol. The average molecular weight is 551 g/mol. The Morgan fingerprint density at radius 3 is 1.66 bits per heavy atom. The van der Waals surface area contributed by atoms with Gasteiger partial charge in [0.15, 0.2) is 11.1 Å². The number of carbonyl (C=O) groups is 5. The number of hydrogen-bond donors (Lipinski definition) is 6. The van der Waals surface area contributed by atoms with Gasteiger partial charge in [0, 0.05) is 36.9 Å². The molecule has 0 radical (unpaired) electrons. The van der Waals surface area contributed by atoms with Gasteiger partial charge in [0.2, 0.25) is 0 Å². The van der Waals surface area contributed by atoms with Crippen LogP contribution in [0.5, 0.6) is 0 Å². The SMILES string of the molecule is CC(C)(C)N(C[C@]1(c2cnccn2)NC(=O)NC1=O)C(=O)O.Cl.NC[C@]1(c2cnccn2)NC(=O)NC1=O. The first-order valence-corrected chi connectivity index (χ1v) is 10.9. The lowest BCUT2D eigenvalue weighted by Crippen LogP contribution is -2.58. The van der Waals surface area contributed by atoms with E-state index in [1.54, 1.807) is 20.8 Å². The number of urea groups is 2. The fourth-order valence-corrected chi connectivity index (χ4v) is 3.65. The first-order chi connectivity index (χ1) is 17.4. The highest BCUT2D eigenvalue weighted by Crippen LogP contribution is 2.27. The van der Waals surface area contributed by atoms with Crippen molar-refractivity contribution in [1.29, 1.82) is 0 Å². The minimum absolute atomic E-state index is 0. The predicted octanol–water partition coefficient (Wildman–Crippen LogP) is -0.818. The van der Waals surface area contributed by atoms with E-state index >= 15 is 0 Å². The molecule has 4 heterocycles. The number of carboxylic acid groups (broad SMARTS) is 1. The largest absolute Gasteiger partial charge is 0.465 e. The summed E-state index contributed by atoms with van der Waals surface area (Å²) in [6.45, 7) is 4.74. The zero-order valence-electron chi connectivity index (χ0n) is 20.6. The van der Waals surface area contributed by atoms with E-state index in [2.05, 4.69) is 41.2 Å². The molecule has 17 heteroatoms. The lowest BCUT2D eigenvalue weighted by molar-refractivity contribution is -0.125. The lowest BCUT2D eigenvalue weighted by atomic mass is 9.92. The quantitative estimate of drug-likeness (QED) is 0.251. The summed E-state index contributed by atoms with van der Waals surface area (Å²) in [7, 11) is 0. The Bertz CT molecular complexity index is 1210. The van der Waals surface area contributed by atoms with Crippen LogP contribution in [0.1, 0.15) is 32.2 Å². The molecule has 2 aliphatic rings. The van der Waals surface area contributed by atoms with Crippen LogP contribution in [0.3, 0.4) is 0 Å². The van der Waals surface area contributed by atoms with E-state index in [9.17, 15) is 29.1 Å². The molecule has 0 aliphatic carbocycles. The molecule has 2 aliphatic heterocycles. The number of nitrogens with zero attached hydrogens (tertiary/aromatic N) is 5. The van der Waals surface area contributed by atoms with Crippen LogP contribution in [-0.4, -0.2) is 78.5 Å². The Kier molecular flexibility index (Phi) is 8.86. The van der Waals surface area contributed by atoms with Crippen molar-refractivity contribution < 1.29 is 29.1 Å². The third kappa shape index (κ3) is 5.76. The van der Waals surface area contributed by atoms with Crippen LogP contribution in [-0.2, 0) is 20.7 Å². The van der Waals surface area contributed by atoms with E-state index in [0.29, 0.717) is 5.69 Å². The fraction of sp³-hybridized carbons (Fsp3) is 0.381. The number of hydrogen-bond acceptors (Lipinski definition) is 10. The summed E-state index contributed by atoms with van der Waals surface area (Å²) in [5.41, 5.74) is 2.36. The summed E-state index contributed by atoms with van der Waals surface area (Å²) in [6.07, 6.45) is 7.23. The van der Waals surface area contributed by atoms with Gasteiger partial charge in [-0.3, -0.25) is 40.2 Å². The zero-order chi connectivity index (χ0) is 27.4. The molecule has 2 aromatic heterocycles. The molecule has 0 bridgehead atoms. The summed E-state index contributed by atoms with van der Waals surface area (Å²) in [6, 6.07) is -1.27. The van der Waals surface area contributed by atoms with Gasteiger partial charge in [0.05, 0.1) is 30.3 Å². The Hall–Kier alpha value is -4.44. The van der Waals surface area contributed by atoms with Crippen molar-refractivity contribution in [2.24, 2.45) is 5.73 Å². The second-order valence-corrected chi connectivity index (χ2v) is 9.05. The standard InChI is InChI=1S/C13H17N5O4.C8H9N5O2.ClH/c1-12(2,3)18(11(21)22)7-13(8-6-14-4-5-15-8)9(19)16-10(20)17-13;9-4-8(5-3-10-1-2-11-5)6(14)12-7(15)13-8;/h4-6H,7H2,1-3H3,(H,21,22)(H2,16,17,19,20);1-3H,4,9H2,(H2,12,13,14,15);1H/t13-;8-;/m11./s1. The third-order valence-corrected chi connectivity index (χ3v) is 5.63. The molecular formula is C21H27ClN10O6. The van der Waals surface area contributed by atoms with E-state index < -0.39 is 46.6 Å². The highest BCUT2D eigenvalue weighted by atomic mass is 35.5. The molecule has 2 aromatic rings. The third-order valence-electron chi connectivity index (χ3n) is 5.63. The molecule has 2 saturated heterocycles. The molecule has 0 spiro atoms. The van der Waals surface area contributed by atoms with E-state index in [1.807, 2.05) is 0 Å². The molecule has 204 valence electrons. The highest BCUT2D eigenvalue weighted by Gasteiger charge is 2.52. The molecule has 0 saturated carbocycles. The molecule has 16 nitrogen and oxygen atoms in total. The van der Waals surface area contributed by atoms with Crippen molar-refractivity contribution in [3.8, 4) is 0 Å². The van der Waals surface area contributed by atoms with E-state index in [1.165, 1.54) is 37.2 Å². The van der Waals surface area contributed by atoms with Crippen molar-refractivity contribution in [2.45, 2.75) is 37.4 Å². The molecule has 2 atom stereocenters. The fourth-order valence-electron chi connectivity index (χ4n) is 3.65. The first-order valence-electron chi connectivity index (χ1n) is 10.9. The van der Waals surface area contributed by atoms with Crippen molar-refractivity contribution in [2.75, 3.05) is 13.1 Å². The van der Waals surface area contributed by atoms with Gasteiger partial charge in [-0.25, -0.2) is 14.4 Å². The summed E-state index contributed by atoms with van der Waals surface area (Å²) in [5.74, 6) is -1.16. The van der Waals surface area contributed by atoms with Crippen LogP contribution < -0.4 is 27.0 Å². The number of halogens is 1. The molecule has 38 heavy (non-hydrogen) atoms. The van der Waals surface area contributed by atoms with Crippen LogP contribution in [0.15, 0.2) is 37.2 Å². The maximum atomic E-state index is 12.3. The minimum Gasteiger partial charge on any atom is -0.465 e. The topological polar surface area (TPSA) is 235 Å². The monoisotopic (exact) mass is 550 g/mol. The van der Waals surface area contributed by atoms with Crippen molar-refractivity contribution in [1.82, 2.24) is 46.1 Å². The second-order valence-electron chi connectivity index (χ2n) is 9.05. The predicted molar refractivity (Wildman–Crippen MR) is 132 cm³/mol. The molecule has 2 fully saturated rings. The minimum atomic E-state index is -1.60. The Balaban J connectivity index is 0.000000277. The van der Waals surface area contributed by atoms with Gasteiger partial charge in [0.1, 0.15) is 0 Å². The van der Waals surface area contributed by atoms with Crippen molar-refractivity contribution in [3.63, 3.8) is 0 Å².